The fourth-order valence-electron chi connectivity index (χ4n) is 5.18. The summed E-state index contributed by atoms with van der Waals surface area (Å²) in [6.45, 7) is 0. The van der Waals surface area contributed by atoms with Crippen molar-refractivity contribution in [1.82, 2.24) is 0 Å². The third-order valence-corrected chi connectivity index (χ3v) is 8.43. The van der Waals surface area contributed by atoms with Gasteiger partial charge in [0.05, 0.1) is 39.9 Å². The zero-order chi connectivity index (χ0) is 36.0. The molecule has 0 radical (unpaired) electrons. The lowest BCUT2D eigenvalue weighted by atomic mass is 9.81. The summed E-state index contributed by atoms with van der Waals surface area (Å²) in [6.07, 6.45) is -0.0716. The molecule has 2 aliphatic carbocycles. The van der Waals surface area contributed by atoms with Gasteiger partial charge in [0.15, 0.2) is 28.9 Å². The van der Waals surface area contributed by atoms with E-state index >= 15 is 0 Å². The van der Waals surface area contributed by atoms with Gasteiger partial charge < -0.3 is 16.8 Å². The average Bonchev–Trinajstić information content (AvgIpc) is 3.11. The van der Waals surface area contributed by atoms with Crippen LogP contribution < -0.4 is 16.8 Å². The maximum atomic E-state index is 13.0. The molecular weight excluding hydrogens is 716 g/mol. The Hall–Kier alpha value is -4.87. The number of rotatable bonds is 6. The van der Waals surface area contributed by atoms with Gasteiger partial charge in [-0.3, -0.25) is 33.6 Å². The second-order valence-electron chi connectivity index (χ2n) is 10.4. The topological polar surface area (TPSA) is 184 Å². The zero-order valence-electron chi connectivity index (χ0n) is 25.3. The van der Waals surface area contributed by atoms with Gasteiger partial charge >= 0.3 is 0 Å². The molecule has 2 aliphatic rings. The number of anilines is 3. The second-order valence-corrected chi connectivity index (χ2v) is 11.7. The van der Waals surface area contributed by atoms with E-state index in [0.29, 0.717) is 33.5 Å². The molecule has 4 aromatic carbocycles. The summed E-state index contributed by atoms with van der Waals surface area (Å²) in [5, 5.41) is 2.05. The van der Waals surface area contributed by atoms with Gasteiger partial charge in [-0.1, -0.05) is 54.6 Å². The van der Waals surface area contributed by atoms with Crippen molar-refractivity contribution in [2.45, 2.75) is 6.42 Å². The number of carbonyl (C=O) groups is 7. The van der Waals surface area contributed by atoms with Gasteiger partial charge in [0.1, 0.15) is 5.88 Å². The number of amides is 1. The second kappa shape index (κ2) is 16.0. The maximum absolute atomic E-state index is 13.0. The maximum Gasteiger partial charge on any atom is 0.239 e. The van der Waals surface area contributed by atoms with Crippen molar-refractivity contribution in [1.29, 1.82) is 0 Å². The van der Waals surface area contributed by atoms with Gasteiger partial charge in [-0.15, -0.1) is 34.8 Å². The number of nitrogen functional groups attached to an aromatic ring is 2. The number of Topliss-reactive ketones (excluding diaryl/α,β-unsaturated/α-hetero) is 1. The molecule has 49 heavy (non-hydrogen) atoms. The molecule has 0 fully saturated rings. The quantitative estimate of drug-likeness (QED) is 0.111. The molecule has 14 heteroatoms. The van der Waals surface area contributed by atoms with Gasteiger partial charge in [-0.25, -0.2) is 0 Å². The van der Waals surface area contributed by atoms with Crippen molar-refractivity contribution in [3.05, 3.63) is 123 Å². The normalized spacial score (nSPS) is 12.2. The van der Waals surface area contributed by atoms with E-state index in [-0.39, 0.29) is 86.6 Å². The molecule has 0 spiro atoms. The fourth-order valence-corrected chi connectivity index (χ4v) is 5.34. The Morgan fingerprint density at radius 2 is 1.02 bits per heavy atom. The van der Waals surface area contributed by atoms with Crippen LogP contribution in [0.4, 0.5) is 17.1 Å². The summed E-state index contributed by atoms with van der Waals surface area (Å²) in [6, 6.07) is 19.4. The molecule has 5 N–H and O–H groups in total. The number of nitrogens with two attached hydrogens (primary N) is 2. The van der Waals surface area contributed by atoms with Crippen LogP contribution in [0.3, 0.4) is 0 Å². The first-order valence-corrected chi connectivity index (χ1v) is 16.2. The van der Waals surface area contributed by atoms with Gasteiger partial charge in [-0.2, -0.15) is 0 Å². The highest BCUT2D eigenvalue weighted by atomic mass is 35.5. The Labute approximate surface area is 299 Å². The molecule has 0 saturated carbocycles. The Morgan fingerprint density at radius 3 is 1.49 bits per heavy atom. The molecule has 0 aromatic heterocycles. The van der Waals surface area contributed by atoms with Crippen molar-refractivity contribution in [3.63, 3.8) is 0 Å². The molecule has 0 heterocycles. The van der Waals surface area contributed by atoms with Crippen LogP contribution in [0.5, 0.6) is 0 Å². The number of ketones is 5. The summed E-state index contributed by atoms with van der Waals surface area (Å²) in [5.41, 5.74) is 14.7. The number of hydrogen-bond donors (Lipinski definition) is 3. The third-order valence-electron chi connectivity index (χ3n) is 7.37. The Kier molecular flexibility index (Phi) is 12.1. The van der Waals surface area contributed by atoms with Crippen molar-refractivity contribution < 1.29 is 33.6 Å². The van der Waals surface area contributed by atoms with Crippen LogP contribution in [0, 0.1) is 0 Å². The predicted octanol–water partition coefficient (Wildman–Crippen LogP) is 5.61. The molecule has 250 valence electrons. The van der Waals surface area contributed by atoms with E-state index < -0.39 is 11.1 Å². The molecule has 0 aliphatic heterocycles. The lowest BCUT2D eigenvalue weighted by molar-refractivity contribution is -0.116. The van der Waals surface area contributed by atoms with E-state index in [2.05, 4.69) is 5.32 Å². The molecule has 4 aromatic rings. The number of hydrogen-bond acceptors (Lipinski definition) is 9. The van der Waals surface area contributed by atoms with Gasteiger partial charge in [0.25, 0.3) is 0 Å². The Bertz CT molecular complexity index is 2060. The molecular formula is C35H25Cl4N3O7. The van der Waals surface area contributed by atoms with E-state index in [9.17, 15) is 33.6 Å². The summed E-state index contributed by atoms with van der Waals surface area (Å²) in [4.78, 5) is 83.5. The molecule has 1 amide bonds. The standard InChI is InChI=1S/C19H13Cl2NO4.C14H10N2O2.C2H2Cl2O/c20-8-11(23)7-10-5-6-14-16(17(10)22-15(24)9-21)19(26)13-4-2-1-3-12(13)18(14)25;15-10-6-5-9-11(12(10)16)14(18)8-4-2-1-3-7(8)13(9)17;3-1-2(4)5/h1-6H,7-9H2,(H,22,24);1-6H,15-16H2;1H2. The number of halogens is 4. The molecule has 0 bridgehead atoms. The Morgan fingerprint density at radius 1 is 0.571 bits per heavy atom. The predicted molar refractivity (Wildman–Crippen MR) is 189 cm³/mol. The fraction of sp³-hybridized carbons (Fsp3) is 0.114. The number of benzene rings is 4. The molecule has 0 unspecified atom stereocenters. The first kappa shape index (κ1) is 37.0. The minimum atomic E-state index is -0.543. The Balaban J connectivity index is 0.000000203. The summed E-state index contributed by atoms with van der Waals surface area (Å²) < 4.78 is 0. The van der Waals surface area contributed by atoms with E-state index in [1.165, 1.54) is 6.07 Å². The van der Waals surface area contributed by atoms with E-state index in [0.717, 1.165) is 0 Å². The SMILES string of the molecule is Nc1ccc2c(c1N)C(=O)c1ccccc1C2=O.O=C(CCl)Cc1ccc2c(c1NC(=O)CCl)C(=O)c1ccccc1C2=O.O=C(Cl)CCl. The van der Waals surface area contributed by atoms with Crippen molar-refractivity contribution in [2.75, 3.05) is 34.4 Å². The molecule has 0 atom stereocenters. The van der Waals surface area contributed by atoms with Crippen LogP contribution in [0.1, 0.15) is 69.2 Å². The average molecular weight is 741 g/mol. The highest BCUT2D eigenvalue weighted by Gasteiger charge is 2.34. The van der Waals surface area contributed by atoms with Gasteiger partial charge in [-0.05, 0) is 35.4 Å². The van der Waals surface area contributed by atoms with E-state index in [1.54, 1.807) is 66.7 Å². The largest absolute Gasteiger partial charge is 0.397 e. The van der Waals surface area contributed by atoms with Crippen LogP contribution >= 0.6 is 46.4 Å². The van der Waals surface area contributed by atoms with E-state index in [1.807, 2.05) is 0 Å². The monoisotopic (exact) mass is 739 g/mol. The van der Waals surface area contributed by atoms with Crippen LogP contribution in [-0.2, 0) is 20.8 Å². The highest BCUT2D eigenvalue weighted by molar-refractivity contribution is 6.67. The number of nitrogens with one attached hydrogen (secondary N) is 1. The van der Waals surface area contributed by atoms with Crippen LogP contribution in [0.2, 0.25) is 0 Å². The zero-order valence-corrected chi connectivity index (χ0v) is 28.3. The number of alkyl halides is 3. The first-order valence-electron chi connectivity index (χ1n) is 14.2. The molecule has 6 rings (SSSR count). The third kappa shape index (κ3) is 7.73. The molecule has 0 saturated heterocycles. The lowest BCUT2D eigenvalue weighted by Crippen LogP contribution is -2.25. The van der Waals surface area contributed by atoms with Gasteiger partial charge in [0.2, 0.25) is 11.1 Å². The first-order chi connectivity index (χ1) is 23.4. The summed E-state index contributed by atoms with van der Waals surface area (Å²) in [7, 11) is 0. The van der Waals surface area contributed by atoms with Crippen molar-refractivity contribution in [2.24, 2.45) is 0 Å². The number of carbonyl (C=O) groups excluding carboxylic acids is 7. The number of fused-ring (bicyclic) bond motifs is 4. The van der Waals surface area contributed by atoms with Crippen molar-refractivity contribution in [3.8, 4) is 0 Å². The highest BCUT2D eigenvalue weighted by Crippen LogP contribution is 2.35. The van der Waals surface area contributed by atoms with Crippen molar-refractivity contribution >= 4 is 104 Å². The summed E-state index contributed by atoms with van der Waals surface area (Å²) in [5.74, 6) is -2.58. The molecule has 10 nitrogen and oxygen atoms in total. The van der Waals surface area contributed by atoms with Crippen LogP contribution in [-0.4, -0.2) is 57.7 Å². The minimum Gasteiger partial charge on any atom is -0.397 e. The lowest BCUT2D eigenvalue weighted by Gasteiger charge is -2.22. The smallest absolute Gasteiger partial charge is 0.239 e. The minimum absolute atomic E-state index is 0.0716. The van der Waals surface area contributed by atoms with Gasteiger partial charge in [0, 0.05) is 39.8 Å². The van der Waals surface area contributed by atoms with E-state index in [4.69, 9.17) is 57.9 Å². The van der Waals surface area contributed by atoms with Crippen LogP contribution in [0.25, 0.3) is 0 Å². The summed E-state index contributed by atoms with van der Waals surface area (Å²) >= 11 is 20.7. The van der Waals surface area contributed by atoms with Crippen LogP contribution in [0.15, 0.2) is 72.8 Å².